The highest BCUT2D eigenvalue weighted by molar-refractivity contribution is 7.92. The van der Waals surface area contributed by atoms with Crippen molar-refractivity contribution in [3.63, 3.8) is 0 Å². The van der Waals surface area contributed by atoms with Crippen LogP contribution in [0.2, 0.25) is 0 Å². The number of epoxide rings is 1. The number of rotatable bonds is 6. The lowest BCUT2D eigenvalue weighted by molar-refractivity contribution is 0.163. The number of sulfone groups is 1. The second-order valence-electron chi connectivity index (χ2n) is 5.44. The molecule has 0 radical (unpaired) electrons. The van der Waals surface area contributed by atoms with Crippen LogP contribution in [0.4, 0.5) is 0 Å². The fourth-order valence-electron chi connectivity index (χ4n) is 2.54. The third-order valence-corrected chi connectivity index (χ3v) is 6.04. The molecule has 1 aliphatic rings. The van der Waals surface area contributed by atoms with Crippen LogP contribution in [0.3, 0.4) is 0 Å². The summed E-state index contributed by atoms with van der Waals surface area (Å²) in [5.74, 6) is 0. The summed E-state index contributed by atoms with van der Waals surface area (Å²) in [6.07, 6.45) is -0.856. The molecular formula is C17H18O4S. The van der Waals surface area contributed by atoms with Crippen molar-refractivity contribution in [1.82, 2.24) is 0 Å². The number of aliphatic hydroxyl groups excluding tert-OH is 1. The van der Waals surface area contributed by atoms with Gasteiger partial charge in [-0.2, -0.15) is 0 Å². The fourth-order valence-corrected chi connectivity index (χ4v) is 4.39. The maximum atomic E-state index is 12.9. The van der Waals surface area contributed by atoms with Gasteiger partial charge in [0.05, 0.1) is 29.0 Å². The molecule has 22 heavy (non-hydrogen) atoms. The summed E-state index contributed by atoms with van der Waals surface area (Å²) in [4.78, 5) is 0.232. The van der Waals surface area contributed by atoms with Crippen LogP contribution in [-0.2, 0) is 14.6 Å². The number of hydrogen-bond donors (Lipinski definition) is 1. The van der Waals surface area contributed by atoms with Gasteiger partial charge in [-0.15, -0.1) is 0 Å². The monoisotopic (exact) mass is 318 g/mol. The molecular weight excluding hydrogens is 300 g/mol. The van der Waals surface area contributed by atoms with Crippen LogP contribution < -0.4 is 0 Å². The topological polar surface area (TPSA) is 66.9 Å². The van der Waals surface area contributed by atoms with E-state index in [1.165, 1.54) is 0 Å². The van der Waals surface area contributed by atoms with Gasteiger partial charge in [0.2, 0.25) is 0 Å². The van der Waals surface area contributed by atoms with E-state index in [1.807, 2.05) is 6.07 Å². The Hall–Kier alpha value is -1.69. The number of benzene rings is 2. The van der Waals surface area contributed by atoms with E-state index in [1.54, 1.807) is 54.6 Å². The summed E-state index contributed by atoms with van der Waals surface area (Å²) in [6, 6.07) is 17.2. The molecule has 4 nitrogen and oxygen atoms in total. The SMILES string of the molecule is O=S(=O)(c1ccccc1)[C@@H](C[C@@H]1CO1)[C@H](O)c1ccccc1. The first-order chi connectivity index (χ1) is 10.6. The van der Waals surface area contributed by atoms with Crippen molar-refractivity contribution in [3.05, 3.63) is 66.2 Å². The first-order valence-corrected chi connectivity index (χ1v) is 8.77. The summed E-state index contributed by atoms with van der Waals surface area (Å²) in [6.45, 7) is 0.558. The predicted molar refractivity (Wildman–Crippen MR) is 83.2 cm³/mol. The Balaban J connectivity index is 1.96. The van der Waals surface area contributed by atoms with Crippen molar-refractivity contribution < 1.29 is 18.3 Å². The minimum absolute atomic E-state index is 0.0816. The van der Waals surface area contributed by atoms with Gasteiger partial charge in [0, 0.05) is 0 Å². The van der Waals surface area contributed by atoms with Crippen LogP contribution >= 0.6 is 0 Å². The molecule has 1 aliphatic heterocycles. The van der Waals surface area contributed by atoms with E-state index in [4.69, 9.17) is 4.74 Å². The molecule has 5 heteroatoms. The maximum Gasteiger partial charge on any atom is 0.184 e. The van der Waals surface area contributed by atoms with E-state index in [-0.39, 0.29) is 11.0 Å². The quantitative estimate of drug-likeness (QED) is 0.830. The van der Waals surface area contributed by atoms with E-state index >= 15 is 0 Å². The Kier molecular flexibility index (Phi) is 4.29. The average Bonchev–Trinajstić information content (AvgIpc) is 3.38. The highest BCUT2D eigenvalue weighted by atomic mass is 32.2. The van der Waals surface area contributed by atoms with Crippen molar-refractivity contribution in [1.29, 1.82) is 0 Å². The molecule has 2 aromatic rings. The smallest absolute Gasteiger partial charge is 0.184 e. The average molecular weight is 318 g/mol. The van der Waals surface area contributed by atoms with Gasteiger partial charge in [-0.25, -0.2) is 8.42 Å². The summed E-state index contributed by atoms with van der Waals surface area (Å²) >= 11 is 0. The van der Waals surface area contributed by atoms with Crippen LogP contribution in [0.1, 0.15) is 18.1 Å². The third-order valence-electron chi connectivity index (χ3n) is 3.86. The van der Waals surface area contributed by atoms with E-state index in [0.29, 0.717) is 18.6 Å². The van der Waals surface area contributed by atoms with Gasteiger partial charge < -0.3 is 9.84 Å². The zero-order valence-electron chi connectivity index (χ0n) is 12.0. The molecule has 1 saturated heterocycles. The van der Waals surface area contributed by atoms with E-state index in [0.717, 1.165) is 0 Å². The zero-order chi connectivity index (χ0) is 15.6. The van der Waals surface area contributed by atoms with Gasteiger partial charge in [-0.1, -0.05) is 48.5 Å². The van der Waals surface area contributed by atoms with Crippen molar-refractivity contribution in [3.8, 4) is 0 Å². The van der Waals surface area contributed by atoms with E-state index < -0.39 is 21.2 Å². The van der Waals surface area contributed by atoms with Gasteiger partial charge in [0.15, 0.2) is 9.84 Å². The Morgan fingerprint density at radius 1 is 1.05 bits per heavy atom. The highest BCUT2D eigenvalue weighted by Gasteiger charge is 2.39. The molecule has 3 atom stereocenters. The van der Waals surface area contributed by atoms with Crippen molar-refractivity contribution in [2.24, 2.45) is 0 Å². The van der Waals surface area contributed by atoms with E-state index in [9.17, 15) is 13.5 Å². The zero-order valence-corrected chi connectivity index (χ0v) is 12.8. The number of hydrogen-bond acceptors (Lipinski definition) is 4. The van der Waals surface area contributed by atoms with Crippen LogP contribution in [0.25, 0.3) is 0 Å². The van der Waals surface area contributed by atoms with Gasteiger partial charge in [-0.3, -0.25) is 0 Å². The minimum atomic E-state index is -3.63. The summed E-state index contributed by atoms with van der Waals surface area (Å²) in [7, 11) is -3.63. The van der Waals surface area contributed by atoms with Crippen molar-refractivity contribution in [2.45, 2.75) is 28.8 Å². The highest BCUT2D eigenvalue weighted by Crippen LogP contribution is 2.33. The second kappa shape index (κ2) is 6.20. The molecule has 116 valence electrons. The van der Waals surface area contributed by atoms with Crippen molar-refractivity contribution >= 4 is 9.84 Å². The van der Waals surface area contributed by atoms with Gasteiger partial charge in [0.1, 0.15) is 0 Å². The first kappa shape index (κ1) is 15.2. The standard InChI is InChI=1S/C17H18O4S/c18-17(13-7-3-1-4-8-13)16(11-14-12-21-14)22(19,20)15-9-5-2-6-10-15/h1-10,14,16-18H,11-12H2/t14-,16+,17-/m1/s1. The molecule has 2 aromatic carbocycles. The largest absolute Gasteiger partial charge is 0.387 e. The Morgan fingerprint density at radius 3 is 2.14 bits per heavy atom. The second-order valence-corrected chi connectivity index (χ2v) is 7.61. The first-order valence-electron chi connectivity index (χ1n) is 7.22. The Morgan fingerprint density at radius 2 is 1.59 bits per heavy atom. The van der Waals surface area contributed by atoms with Crippen LogP contribution in [0.5, 0.6) is 0 Å². The Labute approximate surface area is 130 Å². The maximum absolute atomic E-state index is 12.9. The third kappa shape index (κ3) is 3.21. The number of aliphatic hydroxyl groups is 1. The molecule has 0 unspecified atom stereocenters. The summed E-state index contributed by atoms with van der Waals surface area (Å²) < 4.78 is 31.0. The van der Waals surface area contributed by atoms with Gasteiger partial charge in [-0.05, 0) is 24.1 Å². The van der Waals surface area contributed by atoms with Crippen molar-refractivity contribution in [2.75, 3.05) is 6.61 Å². The summed E-state index contributed by atoms with van der Waals surface area (Å²) in [5.41, 5.74) is 0.604. The lowest BCUT2D eigenvalue weighted by atomic mass is 10.0. The Bertz CT molecular complexity index is 709. The molecule has 0 amide bonds. The van der Waals surface area contributed by atoms with Crippen LogP contribution in [0.15, 0.2) is 65.6 Å². The normalized spacial score (nSPS) is 20.3. The van der Waals surface area contributed by atoms with Gasteiger partial charge >= 0.3 is 0 Å². The van der Waals surface area contributed by atoms with Gasteiger partial charge in [0.25, 0.3) is 0 Å². The van der Waals surface area contributed by atoms with Crippen LogP contribution in [0, 0.1) is 0 Å². The predicted octanol–water partition coefficient (Wildman–Crippen LogP) is 2.35. The molecule has 0 bridgehead atoms. The lowest BCUT2D eigenvalue weighted by Gasteiger charge is -2.23. The number of ether oxygens (including phenoxy) is 1. The molecule has 0 aliphatic carbocycles. The minimum Gasteiger partial charge on any atom is -0.387 e. The molecule has 3 rings (SSSR count). The molecule has 0 spiro atoms. The molecule has 1 heterocycles. The fraction of sp³-hybridized carbons (Fsp3) is 0.294. The lowest BCUT2D eigenvalue weighted by Crippen LogP contribution is -2.30. The molecule has 1 N–H and O–H groups in total. The molecule has 0 saturated carbocycles. The molecule has 0 aromatic heterocycles. The van der Waals surface area contributed by atoms with Crippen LogP contribution in [-0.4, -0.2) is 31.5 Å². The molecule has 1 fully saturated rings. The van der Waals surface area contributed by atoms with E-state index in [2.05, 4.69) is 0 Å². The summed E-state index contributed by atoms with van der Waals surface area (Å²) in [5, 5.41) is 9.71.